The predicted octanol–water partition coefficient (Wildman–Crippen LogP) is 3.92. The number of aryl methyl sites for hydroxylation is 1. The van der Waals surface area contributed by atoms with Gasteiger partial charge in [0.2, 0.25) is 0 Å². The molecular weight excluding hydrogens is 333 g/mol. The van der Waals surface area contributed by atoms with Crippen molar-refractivity contribution >= 4 is 21.8 Å². The maximum Gasteiger partial charge on any atom is 0.251 e. The molecule has 2 atom stereocenters. The Morgan fingerprint density at radius 1 is 1.29 bits per heavy atom. The molecule has 1 N–H and O–H groups in total. The summed E-state index contributed by atoms with van der Waals surface area (Å²) in [5.74, 6) is -0.607. The third-order valence-electron chi connectivity index (χ3n) is 3.89. The molecule has 0 aromatic heterocycles. The molecule has 0 aliphatic heterocycles. The molecule has 2 aromatic rings. The van der Waals surface area contributed by atoms with E-state index in [0.717, 1.165) is 12.0 Å². The second-order valence-electron chi connectivity index (χ2n) is 5.33. The lowest BCUT2D eigenvalue weighted by Crippen LogP contribution is -2.31. The van der Waals surface area contributed by atoms with Gasteiger partial charge in [0.05, 0.1) is 6.04 Å². The molecule has 1 aliphatic carbocycles. The zero-order valence-corrected chi connectivity index (χ0v) is 13.2. The third-order valence-corrected chi connectivity index (χ3v) is 4.74. The normalized spacial score (nSPS) is 20.1. The summed E-state index contributed by atoms with van der Waals surface area (Å²) in [5.41, 5.74) is 3.25. The molecule has 3 rings (SSSR count). The van der Waals surface area contributed by atoms with Crippen molar-refractivity contribution in [2.75, 3.05) is 0 Å². The zero-order chi connectivity index (χ0) is 15.0. The van der Waals surface area contributed by atoms with Gasteiger partial charge < -0.3 is 5.32 Å². The Hall–Kier alpha value is -1.68. The van der Waals surface area contributed by atoms with Gasteiger partial charge in [-0.05, 0) is 42.2 Å². The summed E-state index contributed by atoms with van der Waals surface area (Å²) in [6.07, 6.45) is 0.878. The number of alkyl halides is 1. The van der Waals surface area contributed by atoms with E-state index in [2.05, 4.69) is 27.3 Å². The van der Waals surface area contributed by atoms with Crippen LogP contribution in [0.5, 0.6) is 0 Å². The van der Waals surface area contributed by atoms with Crippen LogP contribution in [0.2, 0.25) is 0 Å². The van der Waals surface area contributed by atoms with Crippen LogP contribution in [0, 0.1) is 12.7 Å². The molecule has 2 unspecified atom stereocenters. The molecule has 108 valence electrons. The van der Waals surface area contributed by atoms with E-state index in [1.165, 1.54) is 11.6 Å². The lowest BCUT2D eigenvalue weighted by atomic mass is 10.1. The van der Waals surface area contributed by atoms with Gasteiger partial charge in [0, 0.05) is 10.4 Å². The molecule has 2 nitrogen and oxygen atoms in total. The summed E-state index contributed by atoms with van der Waals surface area (Å²) >= 11 is 3.62. The molecule has 0 saturated heterocycles. The van der Waals surface area contributed by atoms with Gasteiger partial charge in [-0.15, -0.1) is 0 Å². The van der Waals surface area contributed by atoms with Crippen molar-refractivity contribution in [3.05, 3.63) is 70.5 Å². The van der Waals surface area contributed by atoms with Crippen LogP contribution in [0.4, 0.5) is 4.39 Å². The second-order valence-corrected chi connectivity index (χ2v) is 6.51. The van der Waals surface area contributed by atoms with Crippen LogP contribution < -0.4 is 5.32 Å². The second kappa shape index (κ2) is 5.60. The number of carbonyl (C=O) groups excluding carboxylic acids is 1. The van der Waals surface area contributed by atoms with Crippen LogP contribution >= 0.6 is 15.9 Å². The summed E-state index contributed by atoms with van der Waals surface area (Å²) in [4.78, 5) is 12.5. The first-order valence-corrected chi connectivity index (χ1v) is 7.76. The fourth-order valence-corrected chi connectivity index (χ4v) is 3.44. The minimum absolute atomic E-state index is 0.0851. The molecule has 0 fully saturated rings. The summed E-state index contributed by atoms with van der Waals surface area (Å²) in [6.45, 7) is 1.68. The Morgan fingerprint density at radius 3 is 2.81 bits per heavy atom. The maximum absolute atomic E-state index is 13.6. The summed E-state index contributed by atoms with van der Waals surface area (Å²) in [6, 6.07) is 12.5. The van der Waals surface area contributed by atoms with Crippen molar-refractivity contribution in [3.8, 4) is 0 Å². The highest BCUT2D eigenvalue weighted by molar-refractivity contribution is 9.09. The molecule has 21 heavy (non-hydrogen) atoms. The standard InChI is InChI=1S/C17H15BrFNO/c1-10-6-7-12(9-15(10)19)17(21)20-16-13-5-3-2-4-11(13)8-14(16)18/h2-7,9,14,16H,8H2,1H3,(H,20,21). The minimum Gasteiger partial charge on any atom is -0.344 e. The lowest BCUT2D eigenvalue weighted by molar-refractivity contribution is 0.0937. The molecule has 0 saturated carbocycles. The first-order valence-electron chi connectivity index (χ1n) is 6.85. The first kappa shape index (κ1) is 14.3. The van der Waals surface area contributed by atoms with E-state index in [9.17, 15) is 9.18 Å². The maximum atomic E-state index is 13.6. The summed E-state index contributed by atoms with van der Waals surface area (Å²) in [7, 11) is 0. The van der Waals surface area contributed by atoms with Gasteiger partial charge in [0.1, 0.15) is 5.82 Å². The Bertz CT molecular complexity index is 701. The van der Waals surface area contributed by atoms with Crippen molar-refractivity contribution in [2.45, 2.75) is 24.2 Å². The number of carbonyl (C=O) groups is 1. The molecule has 0 bridgehead atoms. The number of nitrogens with one attached hydrogen (secondary N) is 1. The van der Waals surface area contributed by atoms with Crippen LogP contribution in [0.1, 0.15) is 33.1 Å². The van der Waals surface area contributed by atoms with E-state index >= 15 is 0 Å². The topological polar surface area (TPSA) is 29.1 Å². The van der Waals surface area contributed by atoms with E-state index in [0.29, 0.717) is 11.1 Å². The van der Waals surface area contributed by atoms with Crippen LogP contribution in [0.15, 0.2) is 42.5 Å². The van der Waals surface area contributed by atoms with E-state index in [1.807, 2.05) is 18.2 Å². The molecule has 0 spiro atoms. The quantitative estimate of drug-likeness (QED) is 0.819. The van der Waals surface area contributed by atoms with Crippen molar-refractivity contribution in [1.82, 2.24) is 5.32 Å². The Labute approximate surface area is 131 Å². The van der Waals surface area contributed by atoms with Gasteiger partial charge in [-0.3, -0.25) is 4.79 Å². The van der Waals surface area contributed by atoms with Gasteiger partial charge in [-0.25, -0.2) is 4.39 Å². The van der Waals surface area contributed by atoms with Crippen LogP contribution in [-0.2, 0) is 6.42 Å². The van der Waals surface area contributed by atoms with Crippen molar-refractivity contribution in [1.29, 1.82) is 0 Å². The SMILES string of the molecule is Cc1ccc(C(=O)NC2c3ccccc3CC2Br)cc1F. The minimum atomic E-state index is -0.357. The van der Waals surface area contributed by atoms with E-state index in [4.69, 9.17) is 0 Å². The monoisotopic (exact) mass is 347 g/mol. The van der Waals surface area contributed by atoms with Gasteiger partial charge in [0.15, 0.2) is 0 Å². The number of fused-ring (bicyclic) bond motifs is 1. The molecular formula is C17H15BrFNO. The fourth-order valence-electron chi connectivity index (χ4n) is 2.67. The summed E-state index contributed by atoms with van der Waals surface area (Å²) < 4.78 is 13.6. The number of amides is 1. The van der Waals surface area contributed by atoms with Crippen molar-refractivity contribution in [2.24, 2.45) is 0 Å². The number of halogens is 2. The van der Waals surface area contributed by atoms with Gasteiger partial charge in [-0.2, -0.15) is 0 Å². The highest BCUT2D eigenvalue weighted by Gasteiger charge is 2.31. The van der Waals surface area contributed by atoms with E-state index in [1.54, 1.807) is 19.1 Å². The fraction of sp³-hybridized carbons (Fsp3) is 0.235. The Morgan fingerprint density at radius 2 is 2.05 bits per heavy atom. The molecule has 4 heteroatoms. The molecule has 1 amide bonds. The Balaban J connectivity index is 1.83. The number of hydrogen-bond acceptors (Lipinski definition) is 1. The van der Waals surface area contributed by atoms with E-state index < -0.39 is 0 Å². The van der Waals surface area contributed by atoms with Crippen LogP contribution in [-0.4, -0.2) is 10.7 Å². The van der Waals surface area contributed by atoms with Gasteiger partial charge in [0.25, 0.3) is 5.91 Å². The highest BCUT2D eigenvalue weighted by Crippen LogP contribution is 2.35. The highest BCUT2D eigenvalue weighted by atomic mass is 79.9. The largest absolute Gasteiger partial charge is 0.344 e. The first-order chi connectivity index (χ1) is 10.1. The van der Waals surface area contributed by atoms with Crippen LogP contribution in [0.25, 0.3) is 0 Å². The molecule has 1 aliphatic rings. The van der Waals surface area contributed by atoms with E-state index in [-0.39, 0.29) is 22.6 Å². The third kappa shape index (κ3) is 2.72. The predicted molar refractivity (Wildman–Crippen MR) is 84.2 cm³/mol. The average molecular weight is 348 g/mol. The zero-order valence-electron chi connectivity index (χ0n) is 11.6. The smallest absolute Gasteiger partial charge is 0.251 e. The lowest BCUT2D eigenvalue weighted by Gasteiger charge is -2.18. The van der Waals surface area contributed by atoms with Gasteiger partial charge in [-0.1, -0.05) is 46.3 Å². The summed E-state index contributed by atoms with van der Waals surface area (Å²) in [5, 5.41) is 3.00. The number of hydrogen-bond donors (Lipinski definition) is 1. The average Bonchev–Trinajstić information content (AvgIpc) is 2.78. The number of rotatable bonds is 2. The molecule has 2 aromatic carbocycles. The number of benzene rings is 2. The van der Waals surface area contributed by atoms with Crippen LogP contribution in [0.3, 0.4) is 0 Å². The van der Waals surface area contributed by atoms with Gasteiger partial charge >= 0.3 is 0 Å². The molecule has 0 radical (unpaired) electrons. The molecule has 0 heterocycles. The van der Waals surface area contributed by atoms with Crippen molar-refractivity contribution in [3.63, 3.8) is 0 Å². The van der Waals surface area contributed by atoms with Crippen molar-refractivity contribution < 1.29 is 9.18 Å². The Kier molecular flexibility index (Phi) is 3.81.